The molecule has 0 spiro atoms. The van der Waals surface area contributed by atoms with Crippen LogP contribution in [0.2, 0.25) is 0 Å². The maximum Gasteiger partial charge on any atom is 0.225 e. The highest BCUT2D eigenvalue weighted by Gasteiger charge is 2.31. The summed E-state index contributed by atoms with van der Waals surface area (Å²) in [5, 5.41) is 3.39. The van der Waals surface area contributed by atoms with E-state index in [4.69, 9.17) is 4.74 Å². The van der Waals surface area contributed by atoms with Gasteiger partial charge >= 0.3 is 0 Å². The van der Waals surface area contributed by atoms with Crippen LogP contribution in [0.3, 0.4) is 0 Å². The molecule has 2 aliphatic heterocycles. The smallest absolute Gasteiger partial charge is 0.225 e. The number of rotatable bonds is 5. The van der Waals surface area contributed by atoms with Crippen molar-refractivity contribution in [2.75, 3.05) is 39.8 Å². The van der Waals surface area contributed by atoms with Crippen LogP contribution >= 0.6 is 0 Å². The number of methoxy groups -OCH3 is 1. The highest BCUT2D eigenvalue weighted by Crippen LogP contribution is 2.20. The third-order valence-corrected chi connectivity index (χ3v) is 5.70. The fourth-order valence-electron chi connectivity index (χ4n) is 3.99. The van der Waals surface area contributed by atoms with E-state index >= 15 is 0 Å². The number of nitrogens with zero attached hydrogens (tertiary/aromatic N) is 2. The van der Waals surface area contributed by atoms with Crippen LogP contribution < -0.4 is 10.1 Å². The second-order valence-electron chi connectivity index (χ2n) is 7.63. The summed E-state index contributed by atoms with van der Waals surface area (Å²) in [6, 6.07) is 8.26. The molecule has 0 bridgehead atoms. The molecule has 148 valence electrons. The Hall–Kier alpha value is -2.08. The molecular formula is C21H31N3O3. The largest absolute Gasteiger partial charge is 0.497 e. The van der Waals surface area contributed by atoms with Crippen LogP contribution in [-0.4, -0.2) is 67.5 Å². The van der Waals surface area contributed by atoms with E-state index in [-0.39, 0.29) is 17.7 Å². The molecular weight excluding hydrogens is 342 g/mol. The first kappa shape index (κ1) is 19.7. The van der Waals surface area contributed by atoms with Crippen molar-refractivity contribution < 1.29 is 14.3 Å². The van der Waals surface area contributed by atoms with Crippen LogP contribution in [0.25, 0.3) is 0 Å². The molecule has 0 aromatic heterocycles. The monoisotopic (exact) mass is 373 g/mol. The zero-order valence-corrected chi connectivity index (χ0v) is 16.4. The summed E-state index contributed by atoms with van der Waals surface area (Å²) in [5.74, 6) is 1.41. The molecule has 6 nitrogen and oxygen atoms in total. The summed E-state index contributed by atoms with van der Waals surface area (Å²) in [5.41, 5.74) is 1.14. The van der Waals surface area contributed by atoms with Gasteiger partial charge in [0.1, 0.15) is 5.75 Å². The number of ether oxygens (including phenoxy) is 1. The van der Waals surface area contributed by atoms with E-state index in [1.54, 1.807) is 7.11 Å². The summed E-state index contributed by atoms with van der Waals surface area (Å²) < 4.78 is 5.16. The van der Waals surface area contributed by atoms with Gasteiger partial charge in [0, 0.05) is 44.6 Å². The predicted molar refractivity (Wildman–Crippen MR) is 105 cm³/mol. The van der Waals surface area contributed by atoms with Crippen LogP contribution in [0.4, 0.5) is 0 Å². The highest BCUT2D eigenvalue weighted by molar-refractivity contribution is 5.80. The van der Waals surface area contributed by atoms with E-state index in [9.17, 15) is 9.59 Å². The molecule has 2 amide bonds. The normalized spacial score (nSPS) is 23.2. The topological polar surface area (TPSA) is 61.9 Å². The van der Waals surface area contributed by atoms with E-state index < -0.39 is 0 Å². The molecule has 2 saturated heterocycles. The van der Waals surface area contributed by atoms with Crippen molar-refractivity contribution in [1.29, 1.82) is 0 Å². The standard InChI is InChI=1S/C21H31N3O3/c1-16-15-18(9-10-22-16)21(26)24-13-11-23(12-14-24)20(25)8-5-17-3-6-19(27-2)7-4-17/h3-4,6-7,16,18,22H,5,8-15H2,1-2H3/t16-,18-/m0/s1. The van der Waals surface area contributed by atoms with Crippen LogP contribution in [0.1, 0.15) is 31.7 Å². The van der Waals surface area contributed by atoms with E-state index in [2.05, 4.69) is 12.2 Å². The van der Waals surface area contributed by atoms with Gasteiger partial charge in [0.05, 0.1) is 7.11 Å². The summed E-state index contributed by atoms with van der Waals surface area (Å²) in [6.45, 7) is 5.67. The number of amides is 2. The fraction of sp³-hybridized carbons (Fsp3) is 0.619. The lowest BCUT2D eigenvalue weighted by Gasteiger charge is -2.38. The number of carbonyl (C=O) groups excluding carboxylic acids is 2. The number of piperidine rings is 1. The lowest BCUT2D eigenvalue weighted by molar-refractivity contribution is -0.142. The molecule has 0 unspecified atom stereocenters. The molecule has 0 saturated carbocycles. The van der Waals surface area contributed by atoms with E-state index in [1.807, 2.05) is 34.1 Å². The Morgan fingerprint density at radius 3 is 2.41 bits per heavy atom. The zero-order chi connectivity index (χ0) is 19.2. The van der Waals surface area contributed by atoms with Gasteiger partial charge in [-0.3, -0.25) is 9.59 Å². The molecule has 1 aromatic carbocycles. The average Bonchev–Trinajstić information content (AvgIpc) is 2.72. The Morgan fingerprint density at radius 2 is 1.78 bits per heavy atom. The number of aryl methyl sites for hydroxylation is 1. The third kappa shape index (κ3) is 5.22. The summed E-state index contributed by atoms with van der Waals surface area (Å²) in [7, 11) is 1.65. The maximum absolute atomic E-state index is 12.7. The SMILES string of the molecule is COc1ccc(CCC(=O)N2CCN(C(=O)[C@H]3CCN[C@@H](C)C3)CC2)cc1. The summed E-state index contributed by atoms with van der Waals surface area (Å²) in [6.07, 6.45) is 3.07. The van der Waals surface area contributed by atoms with E-state index in [0.717, 1.165) is 37.1 Å². The molecule has 2 fully saturated rings. The Morgan fingerprint density at radius 1 is 1.11 bits per heavy atom. The summed E-state index contributed by atoms with van der Waals surface area (Å²) >= 11 is 0. The van der Waals surface area contributed by atoms with Crippen molar-refractivity contribution >= 4 is 11.8 Å². The quantitative estimate of drug-likeness (QED) is 0.853. The maximum atomic E-state index is 12.7. The van der Waals surface area contributed by atoms with Crippen LogP contribution in [0.5, 0.6) is 5.75 Å². The van der Waals surface area contributed by atoms with Gasteiger partial charge in [-0.15, -0.1) is 0 Å². The minimum atomic E-state index is 0.138. The number of piperazine rings is 1. The van der Waals surface area contributed by atoms with Gasteiger partial charge in [-0.25, -0.2) is 0 Å². The minimum Gasteiger partial charge on any atom is -0.497 e. The van der Waals surface area contributed by atoms with Gasteiger partial charge in [0.15, 0.2) is 0 Å². The first-order valence-electron chi connectivity index (χ1n) is 9.99. The second kappa shape index (κ2) is 9.22. The first-order valence-corrected chi connectivity index (χ1v) is 9.99. The Bertz CT molecular complexity index is 639. The molecule has 2 heterocycles. The molecule has 0 radical (unpaired) electrons. The van der Waals surface area contributed by atoms with E-state index in [1.165, 1.54) is 0 Å². The van der Waals surface area contributed by atoms with Gasteiger partial charge in [-0.1, -0.05) is 12.1 Å². The van der Waals surface area contributed by atoms with Crippen molar-refractivity contribution in [3.05, 3.63) is 29.8 Å². The molecule has 0 aliphatic carbocycles. The molecule has 1 N–H and O–H groups in total. The molecule has 3 rings (SSSR count). The predicted octanol–water partition coefficient (Wildman–Crippen LogP) is 1.69. The Kier molecular flexibility index (Phi) is 6.72. The number of carbonyl (C=O) groups is 2. The Balaban J connectivity index is 1.42. The lowest BCUT2D eigenvalue weighted by Crippen LogP contribution is -2.53. The van der Waals surface area contributed by atoms with Gasteiger partial charge in [0.25, 0.3) is 0 Å². The third-order valence-electron chi connectivity index (χ3n) is 5.70. The van der Waals surface area contributed by atoms with Crippen molar-refractivity contribution in [2.24, 2.45) is 5.92 Å². The van der Waals surface area contributed by atoms with Crippen molar-refractivity contribution in [3.63, 3.8) is 0 Å². The number of benzene rings is 1. The molecule has 2 atom stereocenters. The van der Waals surface area contributed by atoms with Crippen molar-refractivity contribution in [2.45, 2.75) is 38.6 Å². The van der Waals surface area contributed by atoms with Gasteiger partial charge in [-0.2, -0.15) is 0 Å². The second-order valence-corrected chi connectivity index (χ2v) is 7.63. The van der Waals surface area contributed by atoms with Gasteiger partial charge < -0.3 is 19.9 Å². The molecule has 2 aliphatic rings. The molecule has 6 heteroatoms. The van der Waals surface area contributed by atoms with Crippen LogP contribution in [0.15, 0.2) is 24.3 Å². The van der Waals surface area contributed by atoms with Crippen molar-refractivity contribution in [3.8, 4) is 5.75 Å². The minimum absolute atomic E-state index is 0.138. The summed E-state index contributed by atoms with van der Waals surface area (Å²) in [4.78, 5) is 29.1. The van der Waals surface area contributed by atoms with Crippen LogP contribution in [0, 0.1) is 5.92 Å². The first-order chi connectivity index (χ1) is 13.1. The van der Waals surface area contributed by atoms with Crippen molar-refractivity contribution in [1.82, 2.24) is 15.1 Å². The highest BCUT2D eigenvalue weighted by atomic mass is 16.5. The fourth-order valence-corrected chi connectivity index (χ4v) is 3.99. The number of nitrogens with one attached hydrogen (secondary N) is 1. The molecule has 1 aromatic rings. The van der Waals surface area contributed by atoms with Crippen LogP contribution in [-0.2, 0) is 16.0 Å². The number of hydrogen-bond donors (Lipinski definition) is 1. The van der Waals surface area contributed by atoms with Gasteiger partial charge in [-0.05, 0) is 50.4 Å². The van der Waals surface area contributed by atoms with Gasteiger partial charge in [0.2, 0.25) is 11.8 Å². The Labute approximate surface area is 161 Å². The number of hydrogen-bond acceptors (Lipinski definition) is 4. The van der Waals surface area contributed by atoms with E-state index in [0.29, 0.717) is 38.6 Å². The lowest BCUT2D eigenvalue weighted by atomic mass is 9.92. The average molecular weight is 373 g/mol. The molecule has 27 heavy (non-hydrogen) atoms. The zero-order valence-electron chi connectivity index (χ0n) is 16.4.